The molecule has 4 rings (SSSR count). The summed E-state index contributed by atoms with van der Waals surface area (Å²) in [5, 5.41) is 2.60. The topological polar surface area (TPSA) is 52.7 Å². The van der Waals surface area contributed by atoms with E-state index in [0.29, 0.717) is 24.7 Å². The van der Waals surface area contributed by atoms with E-state index in [1.165, 1.54) is 36.4 Å². The molecule has 2 heterocycles. The number of hydrogen-bond donors (Lipinski definition) is 1. The molecule has 5 nitrogen and oxygen atoms in total. The summed E-state index contributed by atoms with van der Waals surface area (Å²) in [5.41, 5.74) is 3.20. The van der Waals surface area contributed by atoms with Gasteiger partial charge in [0, 0.05) is 44.5 Å². The lowest BCUT2D eigenvalue weighted by molar-refractivity contribution is -0.114. The Balaban J connectivity index is 1.36. The van der Waals surface area contributed by atoms with E-state index >= 15 is 0 Å². The highest BCUT2D eigenvalue weighted by atomic mass is 19.1. The molecular weight excluding hydrogens is 369 g/mol. The lowest BCUT2D eigenvalue weighted by atomic mass is 9.95. The van der Waals surface area contributed by atoms with E-state index in [0.717, 1.165) is 32.4 Å². The maximum absolute atomic E-state index is 14.2. The minimum absolute atomic E-state index is 0.0168. The molecule has 1 fully saturated rings. The fourth-order valence-corrected chi connectivity index (χ4v) is 4.37. The van der Waals surface area contributed by atoms with Gasteiger partial charge in [0.15, 0.2) is 0 Å². The molecule has 2 aliphatic heterocycles. The van der Waals surface area contributed by atoms with Gasteiger partial charge in [0.1, 0.15) is 5.82 Å². The van der Waals surface area contributed by atoms with Gasteiger partial charge in [-0.25, -0.2) is 4.39 Å². The third kappa shape index (κ3) is 4.26. The Labute approximate surface area is 170 Å². The first-order valence-corrected chi connectivity index (χ1v) is 10.2. The molecule has 0 aliphatic carbocycles. The van der Waals surface area contributed by atoms with E-state index in [1.807, 2.05) is 0 Å². The van der Waals surface area contributed by atoms with Gasteiger partial charge in [-0.1, -0.05) is 18.2 Å². The molecule has 6 heteroatoms. The van der Waals surface area contributed by atoms with Crippen LogP contribution in [0.15, 0.2) is 42.5 Å². The summed E-state index contributed by atoms with van der Waals surface area (Å²) in [6.07, 6.45) is 2.92. The predicted molar refractivity (Wildman–Crippen MR) is 112 cm³/mol. The van der Waals surface area contributed by atoms with Gasteiger partial charge in [-0.2, -0.15) is 0 Å². The number of likely N-dealkylation sites (tertiary alicyclic amines) is 1. The normalized spacial score (nSPS) is 16.6. The number of benzene rings is 2. The fraction of sp³-hybridized carbons (Fsp3) is 0.391. The molecule has 0 bridgehead atoms. The SMILES string of the molecule is CC(=O)Nc1ccc(F)c(C(=O)N2CCC(CN3CCc4ccccc43)CC2)c1. The minimum Gasteiger partial charge on any atom is -0.371 e. The molecule has 0 spiro atoms. The Morgan fingerprint density at radius 3 is 2.62 bits per heavy atom. The summed E-state index contributed by atoms with van der Waals surface area (Å²) >= 11 is 0. The Morgan fingerprint density at radius 2 is 1.86 bits per heavy atom. The molecule has 2 aliphatic rings. The molecule has 0 radical (unpaired) electrons. The van der Waals surface area contributed by atoms with Gasteiger partial charge < -0.3 is 15.1 Å². The molecule has 2 aromatic rings. The van der Waals surface area contributed by atoms with Crippen LogP contribution >= 0.6 is 0 Å². The first-order valence-electron chi connectivity index (χ1n) is 10.2. The lowest BCUT2D eigenvalue weighted by Crippen LogP contribution is -2.41. The largest absolute Gasteiger partial charge is 0.371 e. The second-order valence-corrected chi connectivity index (χ2v) is 7.94. The van der Waals surface area contributed by atoms with Crippen LogP contribution in [-0.2, 0) is 11.2 Å². The van der Waals surface area contributed by atoms with Crippen molar-refractivity contribution < 1.29 is 14.0 Å². The average molecular weight is 395 g/mol. The monoisotopic (exact) mass is 395 g/mol. The Morgan fingerprint density at radius 1 is 1.10 bits per heavy atom. The van der Waals surface area contributed by atoms with Gasteiger partial charge in [-0.15, -0.1) is 0 Å². The number of carbonyl (C=O) groups is 2. The van der Waals surface area contributed by atoms with Gasteiger partial charge in [0.2, 0.25) is 5.91 Å². The van der Waals surface area contributed by atoms with Crippen LogP contribution in [0.5, 0.6) is 0 Å². The molecule has 0 saturated carbocycles. The van der Waals surface area contributed by atoms with Crippen LogP contribution in [-0.4, -0.2) is 42.9 Å². The maximum Gasteiger partial charge on any atom is 0.256 e. The van der Waals surface area contributed by atoms with E-state index in [1.54, 1.807) is 4.90 Å². The molecule has 152 valence electrons. The molecule has 29 heavy (non-hydrogen) atoms. The van der Waals surface area contributed by atoms with Gasteiger partial charge >= 0.3 is 0 Å². The molecule has 0 unspecified atom stereocenters. The molecule has 2 amide bonds. The zero-order valence-corrected chi connectivity index (χ0v) is 16.7. The Kier molecular flexibility index (Phi) is 5.51. The summed E-state index contributed by atoms with van der Waals surface area (Å²) in [4.78, 5) is 28.2. The highest BCUT2D eigenvalue weighted by molar-refractivity contribution is 5.97. The number of nitrogens with one attached hydrogen (secondary N) is 1. The predicted octanol–water partition coefficient (Wildman–Crippen LogP) is 3.70. The lowest BCUT2D eigenvalue weighted by Gasteiger charge is -2.34. The number of rotatable bonds is 4. The van der Waals surface area contributed by atoms with Crippen molar-refractivity contribution in [1.82, 2.24) is 4.90 Å². The van der Waals surface area contributed by atoms with Gasteiger partial charge in [-0.3, -0.25) is 9.59 Å². The van der Waals surface area contributed by atoms with Crippen LogP contribution in [0, 0.1) is 11.7 Å². The van der Waals surface area contributed by atoms with Crippen LogP contribution < -0.4 is 10.2 Å². The van der Waals surface area contributed by atoms with Gasteiger partial charge in [-0.05, 0) is 55.0 Å². The minimum atomic E-state index is -0.556. The standard InChI is InChI=1S/C23H26FN3O2/c1-16(28)25-19-6-7-21(24)20(14-19)23(29)26-11-8-17(9-12-26)15-27-13-10-18-4-2-3-5-22(18)27/h2-7,14,17H,8-13,15H2,1H3,(H,25,28). The average Bonchev–Trinajstić information content (AvgIpc) is 3.12. The van der Waals surface area contributed by atoms with Crippen molar-refractivity contribution in [2.45, 2.75) is 26.2 Å². The number of carbonyl (C=O) groups excluding carboxylic acids is 2. The first-order chi connectivity index (χ1) is 14.0. The quantitative estimate of drug-likeness (QED) is 0.859. The number of piperidine rings is 1. The first kappa shape index (κ1) is 19.4. The highest BCUT2D eigenvalue weighted by Crippen LogP contribution is 2.30. The third-order valence-corrected chi connectivity index (χ3v) is 5.88. The number of nitrogens with zero attached hydrogens (tertiary/aromatic N) is 2. The van der Waals surface area contributed by atoms with Crippen molar-refractivity contribution >= 4 is 23.2 Å². The zero-order valence-electron chi connectivity index (χ0n) is 16.7. The summed E-state index contributed by atoms with van der Waals surface area (Å²) < 4.78 is 14.2. The zero-order chi connectivity index (χ0) is 20.4. The molecule has 1 N–H and O–H groups in total. The number of anilines is 2. The number of para-hydroxylation sites is 1. The van der Waals surface area contributed by atoms with E-state index in [4.69, 9.17) is 0 Å². The molecular formula is C23H26FN3O2. The van der Waals surface area contributed by atoms with Crippen molar-refractivity contribution in [2.24, 2.45) is 5.92 Å². The van der Waals surface area contributed by atoms with Crippen LogP contribution in [0.2, 0.25) is 0 Å². The van der Waals surface area contributed by atoms with E-state index in [-0.39, 0.29) is 17.4 Å². The number of amides is 2. The third-order valence-electron chi connectivity index (χ3n) is 5.88. The second-order valence-electron chi connectivity index (χ2n) is 7.94. The summed E-state index contributed by atoms with van der Waals surface area (Å²) in [6, 6.07) is 12.7. The number of halogens is 1. The van der Waals surface area contributed by atoms with Crippen molar-refractivity contribution in [3.05, 3.63) is 59.4 Å². The van der Waals surface area contributed by atoms with E-state index < -0.39 is 5.82 Å². The highest BCUT2D eigenvalue weighted by Gasteiger charge is 2.28. The number of hydrogen-bond acceptors (Lipinski definition) is 3. The van der Waals surface area contributed by atoms with Crippen LogP contribution in [0.3, 0.4) is 0 Å². The van der Waals surface area contributed by atoms with Crippen molar-refractivity contribution in [3.63, 3.8) is 0 Å². The van der Waals surface area contributed by atoms with Crippen LogP contribution in [0.4, 0.5) is 15.8 Å². The van der Waals surface area contributed by atoms with Gasteiger partial charge in [0.05, 0.1) is 5.56 Å². The van der Waals surface area contributed by atoms with Crippen molar-refractivity contribution in [1.29, 1.82) is 0 Å². The molecule has 0 aromatic heterocycles. The Bertz CT molecular complexity index is 922. The summed E-state index contributed by atoms with van der Waals surface area (Å²) in [5.74, 6) is -0.584. The summed E-state index contributed by atoms with van der Waals surface area (Å²) in [6.45, 7) is 4.70. The fourth-order valence-electron chi connectivity index (χ4n) is 4.37. The molecule has 2 aromatic carbocycles. The number of fused-ring (bicyclic) bond motifs is 1. The molecule has 1 saturated heterocycles. The van der Waals surface area contributed by atoms with Crippen LogP contribution in [0.1, 0.15) is 35.7 Å². The maximum atomic E-state index is 14.2. The van der Waals surface area contributed by atoms with E-state index in [2.05, 4.69) is 34.5 Å². The smallest absolute Gasteiger partial charge is 0.256 e. The second kappa shape index (κ2) is 8.23. The molecule has 0 atom stereocenters. The summed E-state index contributed by atoms with van der Waals surface area (Å²) in [7, 11) is 0. The van der Waals surface area contributed by atoms with Gasteiger partial charge in [0.25, 0.3) is 5.91 Å². The van der Waals surface area contributed by atoms with Crippen molar-refractivity contribution in [2.75, 3.05) is 36.4 Å². The Hall–Kier alpha value is -2.89. The van der Waals surface area contributed by atoms with Crippen molar-refractivity contribution in [3.8, 4) is 0 Å². The van der Waals surface area contributed by atoms with E-state index in [9.17, 15) is 14.0 Å². The van der Waals surface area contributed by atoms with Crippen LogP contribution in [0.25, 0.3) is 0 Å².